The lowest BCUT2D eigenvalue weighted by molar-refractivity contribution is 0.234. The third-order valence-corrected chi connectivity index (χ3v) is 2.86. The Labute approximate surface area is 100 Å². The van der Waals surface area contributed by atoms with E-state index in [9.17, 15) is 4.79 Å². The molecule has 4 N–H and O–H groups in total. The van der Waals surface area contributed by atoms with E-state index in [0.29, 0.717) is 0 Å². The molecule has 2 amide bonds. The second kappa shape index (κ2) is 5.05. The van der Waals surface area contributed by atoms with Crippen molar-refractivity contribution >= 4 is 11.7 Å². The van der Waals surface area contributed by atoms with Gasteiger partial charge < -0.3 is 21.1 Å². The van der Waals surface area contributed by atoms with Gasteiger partial charge in [0.15, 0.2) is 0 Å². The predicted octanol–water partition coefficient (Wildman–Crippen LogP) is 1.31. The van der Waals surface area contributed by atoms with Gasteiger partial charge in [-0.15, -0.1) is 0 Å². The molecule has 1 aromatic rings. The summed E-state index contributed by atoms with van der Waals surface area (Å²) in [5, 5.41) is 5.62. The van der Waals surface area contributed by atoms with Gasteiger partial charge in [-0.2, -0.15) is 0 Å². The molecule has 1 aromatic carbocycles. The van der Waals surface area contributed by atoms with Gasteiger partial charge in [-0.05, 0) is 37.1 Å². The number of nitrogens with one attached hydrogen (secondary N) is 2. The van der Waals surface area contributed by atoms with Gasteiger partial charge >= 0.3 is 6.03 Å². The van der Waals surface area contributed by atoms with E-state index in [4.69, 9.17) is 10.5 Å². The molecule has 1 aliphatic carbocycles. The molecule has 0 atom stereocenters. The van der Waals surface area contributed by atoms with Crippen LogP contribution in [0.3, 0.4) is 0 Å². The van der Waals surface area contributed by atoms with Gasteiger partial charge in [0.2, 0.25) is 0 Å². The van der Waals surface area contributed by atoms with E-state index in [1.54, 1.807) is 31.4 Å². The maximum absolute atomic E-state index is 11.6. The monoisotopic (exact) mass is 235 g/mol. The number of benzene rings is 1. The molecule has 0 heterocycles. The van der Waals surface area contributed by atoms with Crippen molar-refractivity contribution in [2.75, 3.05) is 12.4 Å². The summed E-state index contributed by atoms with van der Waals surface area (Å²) in [7, 11) is 1.61. The van der Waals surface area contributed by atoms with Crippen molar-refractivity contribution in [2.45, 2.75) is 24.9 Å². The molecule has 1 fully saturated rings. The van der Waals surface area contributed by atoms with Crippen LogP contribution < -0.4 is 21.1 Å². The number of carbonyl (C=O) groups excluding carboxylic acids is 1. The molecular weight excluding hydrogens is 218 g/mol. The second-order valence-electron chi connectivity index (χ2n) is 4.26. The summed E-state index contributed by atoms with van der Waals surface area (Å²) in [6, 6.07) is 7.45. The lowest BCUT2D eigenvalue weighted by atomic mass is 9.88. The molecule has 2 rings (SSSR count). The van der Waals surface area contributed by atoms with E-state index in [1.165, 1.54) is 0 Å². The van der Waals surface area contributed by atoms with Crippen LogP contribution in [0.15, 0.2) is 24.3 Å². The zero-order valence-corrected chi connectivity index (χ0v) is 9.77. The third kappa shape index (κ3) is 3.10. The summed E-state index contributed by atoms with van der Waals surface area (Å²) >= 11 is 0. The van der Waals surface area contributed by atoms with Gasteiger partial charge in [0.25, 0.3) is 0 Å². The Morgan fingerprint density at radius 1 is 1.35 bits per heavy atom. The van der Waals surface area contributed by atoms with Crippen LogP contribution in [0, 0.1) is 0 Å². The number of methoxy groups -OCH3 is 1. The molecule has 0 unspecified atom stereocenters. The summed E-state index contributed by atoms with van der Waals surface area (Å²) in [5.41, 5.74) is 6.39. The van der Waals surface area contributed by atoms with Crippen LogP contribution in [-0.2, 0) is 0 Å². The highest BCUT2D eigenvalue weighted by Gasteiger charge is 2.26. The molecule has 1 saturated carbocycles. The Morgan fingerprint density at radius 3 is 2.53 bits per heavy atom. The first-order valence-corrected chi connectivity index (χ1v) is 5.64. The van der Waals surface area contributed by atoms with Crippen molar-refractivity contribution in [3.05, 3.63) is 24.3 Å². The maximum Gasteiger partial charge on any atom is 0.319 e. The van der Waals surface area contributed by atoms with Crippen molar-refractivity contribution in [1.29, 1.82) is 0 Å². The fraction of sp³-hybridized carbons (Fsp3) is 0.417. The van der Waals surface area contributed by atoms with Crippen molar-refractivity contribution in [3.63, 3.8) is 0 Å². The van der Waals surface area contributed by atoms with E-state index >= 15 is 0 Å². The summed E-state index contributed by atoms with van der Waals surface area (Å²) in [5.74, 6) is 0.765. The van der Waals surface area contributed by atoms with E-state index in [2.05, 4.69) is 10.6 Å². The SMILES string of the molecule is COc1ccc(NC(=O)NC2CC(N)C2)cc1. The molecule has 1 aliphatic rings. The molecule has 0 aromatic heterocycles. The number of carbonyl (C=O) groups is 1. The minimum atomic E-state index is -0.188. The highest BCUT2D eigenvalue weighted by atomic mass is 16.5. The maximum atomic E-state index is 11.6. The predicted molar refractivity (Wildman–Crippen MR) is 66.1 cm³/mol. The lowest BCUT2D eigenvalue weighted by Gasteiger charge is -2.32. The standard InChI is InChI=1S/C12H17N3O2/c1-17-11-4-2-9(3-5-11)14-12(16)15-10-6-8(13)7-10/h2-5,8,10H,6-7,13H2,1H3,(H2,14,15,16). The molecule has 0 bridgehead atoms. The Morgan fingerprint density at radius 2 is 2.00 bits per heavy atom. The van der Waals surface area contributed by atoms with Gasteiger partial charge in [0.1, 0.15) is 5.75 Å². The molecule has 5 heteroatoms. The molecule has 0 radical (unpaired) electrons. The first kappa shape index (κ1) is 11.7. The molecule has 92 valence electrons. The number of nitrogens with two attached hydrogens (primary N) is 1. The Bertz CT molecular complexity index is 385. The Kier molecular flexibility index (Phi) is 3.49. The Balaban J connectivity index is 1.81. The minimum Gasteiger partial charge on any atom is -0.497 e. The molecule has 0 spiro atoms. The number of hydrogen-bond donors (Lipinski definition) is 3. The van der Waals surface area contributed by atoms with Crippen molar-refractivity contribution in [2.24, 2.45) is 5.73 Å². The minimum absolute atomic E-state index is 0.188. The smallest absolute Gasteiger partial charge is 0.319 e. The van der Waals surface area contributed by atoms with Crippen LogP contribution in [0.1, 0.15) is 12.8 Å². The number of anilines is 1. The van der Waals surface area contributed by atoms with Crippen LogP contribution in [0.5, 0.6) is 5.75 Å². The quantitative estimate of drug-likeness (QED) is 0.739. The van der Waals surface area contributed by atoms with E-state index < -0.39 is 0 Å². The topological polar surface area (TPSA) is 76.4 Å². The summed E-state index contributed by atoms with van der Waals surface area (Å²) in [6.07, 6.45) is 1.71. The molecule has 0 saturated heterocycles. The van der Waals surface area contributed by atoms with E-state index in [0.717, 1.165) is 24.3 Å². The summed E-state index contributed by atoms with van der Waals surface area (Å²) in [6.45, 7) is 0. The fourth-order valence-electron chi connectivity index (χ4n) is 1.81. The first-order chi connectivity index (χ1) is 8.17. The molecule has 17 heavy (non-hydrogen) atoms. The van der Waals surface area contributed by atoms with Crippen molar-refractivity contribution in [3.8, 4) is 5.75 Å². The average Bonchev–Trinajstić information content (AvgIpc) is 2.28. The highest BCUT2D eigenvalue weighted by Crippen LogP contribution is 2.18. The van der Waals surface area contributed by atoms with Gasteiger partial charge in [0.05, 0.1) is 7.11 Å². The van der Waals surface area contributed by atoms with Crippen LogP contribution >= 0.6 is 0 Å². The number of rotatable bonds is 3. The van der Waals surface area contributed by atoms with Crippen LogP contribution in [0.4, 0.5) is 10.5 Å². The molecular formula is C12H17N3O2. The number of hydrogen-bond acceptors (Lipinski definition) is 3. The van der Waals surface area contributed by atoms with E-state index in [-0.39, 0.29) is 18.1 Å². The van der Waals surface area contributed by atoms with E-state index in [1.807, 2.05) is 0 Å². The largest absolute Gasteiger partial charge is 0.497 e. The second-order valence-corrected chi connectivity index (χ2v) is 4.26. The van der Waals surface area contributed by atoms with Crippen LogP contribution in [0.25, 0.3) is 0 Å². The number of ether oxygens (including phenoxy) is 1. The third-order valence-electron chi connectivity index (χ3n) is 2.86. The zero-order chi connectivity index (χ0) is 12.3. The van der Waals surface area contributed by atoms with Crippen molar-refractivity contribution < 1.29 is 9.53 Å². The van der Waals surface area contributed by atoms with Gasteiger partial charge in [-0.3, -0.25) is 0 Å². The number of urea groups is 1. The fourth-order valence-corrected chi connectivity index (χ4v) is 1.81. The van der Waals surface area contributed by atoms with Crippen LogP contribution in [-0.4, -0.2) is 25.2 Å². The lowest BCUT2D eigenvalue weighted by Crippen LogP contribution is -2.51. The van der Waals surface area contributed by atoms with Gasteiger partial charge in [0, 0.05) is 17.8 Å². The van der Waals surface area contributed by atoms with Crippen molar-refractivity contribution in [1.82, 2.24) is 5.32 Å². The zero-order valence-electron chi connectivity index (χ0n) is 9.77. The normalized spacial score (nSPS) is 22.5. The van der Waals surface area contributed by atoms with Gasteiger partial charge in [-0.25, -0.2) is 4.79 Å². The average molecular weight is 235 g/mol. The molecule has 0 aliphatic heterocycles. The van der Waals surface area contributed by atoms with Crippen LogP contribution in [0.2, 0.25) is 0 Å². The Hall–Kier alpha value is -1.75. The summed E-state index contributed by atoms with van der Waals surface area (Å²) in [4.78, 5) is 11.6. The highest BCUT2D eigenvalue weighted by molar-refractivity contribution is 5.89. The number of amides is 2. The molecule has 5 nitrogen and oxygen atoms in total. The van der Waals surface area contributed by atoms with Gasteiger partial charge in [-0.1, -0.05) is 0 Å². The first-order valence-electron chi connectivity index (χ1n) is 5.64. The summed E-state index contributed by atoms with van der Waals surface area (Å²) < 4.78 is 5.03.